The maximum Gasteiger partial charge on any atom is 0.179 e. The number of hydrogen-bond acceptors (Lipinski definition) is 2. The first-order valence-corrected chi connectivity index (χ1v) is 5.15. The number of ketones is 1. The van der Waals surface area contributed by atoms with Crippen molar-refractivity contribution < 1.29 is 9.18 Å². The summed E-state index contributed by atoms with van der Waals surface area (Å²) in [6, 6.07) is 5.49. The Morgan fingerprint density at radius 1 is 1.33 bits per heavy atom. The highest BCUT2D eigenvalue weighted by molar-refractivity contribution is 7.82. The number of rotatable bonds is 3. The monoisotopic (exact) mass is 224 g/mol. The molecule has 0 aliphatic carbocycles. The summed E-state index contributed by atoms with van der Waals surface area (Å²) in [4.78, 5) is 11.7. The van der Waals surface area contributed by atoms with E-state index in [1.54, 1.807) is 6.08 Å². The average molecular weight is 224 g/mol. The maximum absolute atomic E-state index is 12.6. The average Bonchev–Trinajstić information content (AvgIpc) is 2.17. The van der Waals surface area contributed by atoms with Crippen LogP contribution in [-0.2, 0) is 0 Å². The van der Waals surface area contributed by atoms with Crippen LogP contribution in [0.1, 0.15) is 24.2 Å². The summed E-state index contributed by atoms with van der Waals surface area (Å²) >= 11 is 4.18. The third-order valence-electron chi connectivity index (χ3n) is 1.89. The Morgan fingerprint density at radius 3 is 2.33 bits per heavy atom. The number of halogens is 1. The lowest BCUT2D eigenvalue weighted by Crippen LogP contribution is -2.12. The van der Waals surface area contributed by atoms with E-state index in [9.17, 15) is 9.18 Å². The summed E-state index contributed by atoms with van der Waals surface area (Å²) in [5.74, 6) is -0.455. The van der Waals surface area contributed by atoms with E-state index in [1.807, 2.05) is 13.8 Å². The van der Waals surface area contributed by atoms with Gasteiger partial charge in [0.2, 0.25) is 0 Å². The van der Waals surface area contributed by atoms with Crippen molar-refractivity contribution in [1.82, 2.24) is 0 Å². The van der Waals surface area contributed by atoms with Crippen LogP contribution in [-0.4, -0.2) is 11.0 Å². The summed E-state index contributed by atoms with van der Waals surface area (Å²) in [5, 5.41) is -0.458. The normalized spacial score (nSPS) is 12.0. The third-order valence-corrected chi connectivity index (χ3v) is 2.27. The van der Waals surface area contributed by atoms with E-state index in [-0.39, 0.29) is 11.6 Å². The molecular formula is C12H13FOS. The fraction of sp³-hybridized carbons (Fsp3) is 0.250. The van der Waals surface area contributed by atoms with Crippen molar-refractivity contribution in [2.75, 3.05) is 0 Å². The summed E-state index contributed by atoms with van der Waals surface area (Å²) in [6.07, 6.45) is 1.77. The minimum absolute atomic E-state index is 0.112. The highest BCUT2D eigenvalue weighted by Crippen LogP contribution is 2.11. The molecule has 1 aromatic carbocycles. The van der Waals surface area contributed by atoms with Crippen molar-refractivity contribution in [3.05, 3.63) is 47.3 Å². The van der Waals surface area contributed by atoms with Gasteiger partial charge in [0.1, 0.15) is 5.82 Å². The molecule has 0 heterocycles. The van der Waals surface area contributed by atoms with Gasteiger partial charge in [0, 0.05) is 5.56 Å². The van der Waals surface area contributed by atoms with Crippen LogP contribution in [0.25, 0.3) is 0 Å². The molecule has 0 aliphatic heterocycles. The van der Waals surface area contributed by atoms with Crippen molar-refractivity contribution in [1.29, 1.82) is 0 Å². The van der Waals surface area contributed by atoms with E-state index in [0.29, 0.717) is 5.56 Å². The van der Waals surface area contributed by atoms with Crippen molar-refractivity contribution in [2.45, 2.75) is 19.1 Å². The predicted molar refractivity (Wildman–Crippen MR) is 62.9 cm³/mol. The molecular weight excluding hydrogens is 211 g/mol. The van der Waals surface area contributed by atoms with Gasteiger partial charge in [0.15, 0.2) is 5.78 Å². The quantitative estimate of drug-likeness (QED) is 0.473. The minimum Gasteiger partial charge on any atom is -0.293 e. The van der Waals surface area contributed by atoms with Crippen molar-refractivity contribution in [2.24, 2.45) is 0 Å². The molecule has 1 unspecified atom stereocenters. The molecule has 0 fully saturated rings. The summed E-state index contributed by atoms with van der Waals surface area (Å²) < 4.78 is 12.6. The molecule has 1 rings (SSSR count). The topological polar surface area (TPSA) is 17.1 Å². The molecule has 0 spiro atoms. The molecule has 0 radical (unpaired) electrons. The number of Topliss-reactive ketones (excluding diaryl/α,β-unsaturated/α-hetero) is 1. The summed E-state index contributed by atoms with van der Waals surface area (Å²) in [5.41, 5.74) is 1.51. The summed E-state index contributed by atoms with van der Waals surface area (Å²) in [6.45, 7) is 3.81. The first-order valence-electron chi connectivity index (χ1n) is 4.63. The second kappa shape index (κ2) is 5.12. The zero-order chi connectivity index (χ0) is 11.4. The molecule has 15 heavy (non-hydrogen) atoms. The van der Waals surface area contributed by atoms with Crippen LogP contribution in [0.5, 0.6) is 0 Å². The summed E-state index contributed by atoms with van der Waals surface area (Å²) in [7, 11) is 0. The molecule has 0 saturated heterocycles. The first-order chi connectivity index (χ1) is 7.00. The molecule has 0 saturated carbocycles. The van der Waals surface area contributed by atoms with Gasteiger partial charge in [0.05, 0.1) is 5.25 Å². The van der Waals surface area contributed by atoms with E-state index in [1.165, 1.54) is 24.3 Å². The second-order valence-corrected chi connectivity index (χ2v) is 4.12. The first kappa shape index (κ1) is 12.0. The molecule has 0 N–H and O–H groups in total. The third kappa shape index (κ3) is 3.51. The van der Waals surface area contributed by atoms with Gasteiger partial charge < -0.3 is 0 Å². The Hall–Kier alpha value is -1.09. The van der Waals surface area contributed by atoms with Gasteiger partial charge in [-0.05, 0) is 38.1 Å². The van der Waals surface area contributed by atoms with Gasteiger partial charge in [-0.1, -0.05) is 11.6 Å². The van der Waals surface area contributed by atoms with Crippen LogP contribution in [0, 0.1) is 5.82 Å². The van der Waals surface area contributed by atoms with Gasteiger partial charge in [0.25, 0.3) is 0 Å². The fourth-order valence-corrected chi connectivity index (χ4v) is 1.62. The van der Waals surface area contributed by atoms with E-state index in [2.05, 4.69) is 12.6 Å². The number of carbonyl (C=O) groups excluding carboxylic acids is 1. The molecule has 0 bridgehead atoms. The van der Waals surface area contributed by atoms with E-state index < -0.39 is 5.25 Å². The number of benzene rings is 1. The maximum atomic E-state index is 12.6. The van der Waals surface area contributed by atoms with Gasteiger partial charge in [-0.3, -0.25) is 4.79 Å². The van der Waals surface area contributed by atoms with E-state index in [4.69, 9.17) is 0 Å². The molecule has 1 aromatic rings. The van der Waals surface area contributed by atoms with E-state index in [0.717, 1.165) is 5.57 Å². The van der Waals surface area contributed by atoms with E-state index >= 15 is 0 Å². The minimum atomic E-state index is -0.458. The highest BCUT2D eigenvalue weighted by Gasteiger charge is 2.13. The second-order valence-electron chi connectivity index (χ2n) is 3.56. The number of thiol groups is 1. The molecule has 0 amide bonds. The SMILES string of the molecule is CC(C)=CC(S)C(=O)c1ccc(F)cc1. The Kier molecular flexibility index (Phi) is 4.09. The van der Waals surface area contributed by atoms with Crippen molar-refractivity contribution >= 4 is 18.4 Å². The molecule has 80 valence electrons. The number of carbonyl (C=O) groups is 1. The number of allylic oxidation sites excluding steroid dienone is 1. The van der Waals surface area contributed by atoms with Crippen LogP contribution < -0.4 is 0 Å². The molecule has 0 aromatic heterocycles. The smallest absolute Gasteiger partial charge is 0.179 e. The Balaban J connectivity index is 2.85. The lowest BCUT2D eigenvalue weighted by Gasteiger charge is -2.05. The fourth-order valence-electron chi connectivity index (χ4n) is 1.18. The Labute approximate surface area is 94.4 Å². The van der Waals surface area contributed by atoms with Crippen molar-refractivity contribution in [3.63, 3.8) is 0 Å². The molecule has 1 nitrogen and oxygen atoms in total. The van der Waals surface area contributed by atoms with Gasteiger partial charge in [-0.2, -0.15) is 12.6 Å². The molecule has 3 heteroatoms. The van der Waals surface area contributed by atoms with Gasteiger partial charge >= 0.3 is 0 Å². The lowest BCUT2D eigenvalue weighted by molar-refractivity contribution is 0.100. The zero-order valence-electron chi connectivity index (χ0n) is 8.70. The van der Waals surface area contributed by atoms with Crippen LogP contribution in [0.15, 0.2) is 35.9 Å². The van der Waals surface area contributed by atoms with Crippen LogP contribution in [0.4, 0.5) is 4.39 Å². The standard InChI is InChI=1S/C12H13FOS/c1-8(2)7-11(15)12(14)9-3-5-10(13)6-4-9/h3-7,11,15H,1-2H3. The van der Waals surface area contributed by atoms with Crippen molar-refractivity contribution in [3.8, 4) is 0 Å². The zero-order valence-corrected chi connectivity index (χ0v) is 9.59. The molecule has 1 atom stereocenters. The largest absolute Gasteiger partial charge is 0.293 e. The predicted octanol–water partition coefficient (Wildman–Crippen LogP) is 3.27. The van der Waals surface area contributed by atoms with Crippen LogP contribution in [0.2, 0.25) is 0 Å². The van der Waals surface area contributed by atoms with Gasteiger partial charge in [-0.15, -0.1) is 0 Å². The Bertz CT molecular complexity index is 377. The highest BCUT2D eigenvalue weighted by atomic mass is 32.1. The Morgan fingerprint density at radius 2 is 1.87 bits per heavy atom. The van der Waals surface area contributed by atoms with Crippen LogP contribution in [0.3, 0.4) is 0 Å². The lowest BCUT2D eigenvalue weighted by atomic mass is 10.1. The van der Waals surface area contributed by atoms with Crippen LogP contribution >= 0.6 is 12.6 Å². The van der Waals surface area contributed by atoms with Gasteiger partial charge in [-0.25, -0.2) is 4.39 Å². The molecule has 0 aliphatic rings. The number of hydrogen-bond donors (Lipinski definition) is 1.